The number of anilines is 1. The molecule has 1 aliphatic heterocycles. The van der Waals surface area contributed by atoms with E-state index in [1.54, 1.807) is 31.3 Å². The van der Waals surface area contributed by atoms with E-state index in [0.717, 1.165) is 11.1 Å². The molecule has 1 saturated heterocycles. The molecule has 1 heterocycles. The molecule has 7 heteroatoms. The smallest absolute Gasteiger partial charge is 0.415 e. The van der Waals surface area contributed by atoms with E-state index in [-0.39, 0.29) is 0 Å². The summed E-state index contributed by atoms with van der Waals surface area (Å²) in [6.07, 6.45) is -0.662. The molecule has 182 valence electrons. The van der Waals surface area contributed by atoms with Gasteiger partial charge in [-0.15, -0.1) is 0 Å². The summed E-state index contributed by atoms with van der Waals surface area (Å²) in [4.78, 5) is 26.9. The minimum absolute atomic E-state index is 0.421. The van der Waals surface area contributed by atoms with Crippen molar-refractivity contribution in [1.82, 2.24) is 0 Å². The van der Waals surface area contributed by atoms with Crippen LogP contribution in [0.3, 0.4) is 0 Å². The number of benzene rings is 3. The topological polar surface area (TPSA) is 74.3 Å². The van der Waals surface area contributed by atoms with Crippen LogP contribution in [0.1, 0.15) is 30.5 Å². The summed E-state index contributed by atoms with van der Waals surface area (Å²) in [6, 6.07) is 24.1. The first-order chi connectivity index (χ1) is 17.0. The predicted octanol–water partition coefficient (Wildman–Crippen LogP) is 5.33. The lowest BCUT2D eigenvalue weighted by molar-refractivity contribution is -0.152. The number of cyclic esters (lactones) is 1. The van der Waals surface area contributed by atoms with E-state index in [0.29, 0.717) is 30.0 Å². The van der Waals surface area contributed by atoms with Crippen molar-refractivity contribution < 1.29 is 28.5 Å². The van der Waals surface area contributed by atoms with Crippen LogP contribution in [0.4, 0.5) is 10.5 Å². The number of carbonyl (C=O) groups is 2. The van der Waals surface area contributed by atoms with Crippen LogP contribution in [-0.4, -0.2) is 38.5 Å². The molecule has 0 bridgehead atoms. The van der Waals surface area contributed by atoms with Crippen molar-refractivity contribution in [3.8, 4) is 11.5 Å². The Morgan fingerprint density at radius 1 is 0.914 bits per heavy atom. The Morgan fingerprint density at radius 3 is 2.09 bits per heavy atom. The van der Waals surface area contributed by atoms with E-state index in [4.69, 9.17) is 18.9 Å². The third kappa shape index (κ3) is 5.57. The summed E-state index contributed by atoms with van der Waals surface area (Å²) >= 11 is 0. The Bertz CT molecular complexity index is 1130. The van der Waals surface area contributed by atoms with Gasteiger partial charge >= 0.3 is 12.1 Å². The number of aryl methyl sites for hydroxylation is 1. The summed E-state index contributed by atoms with van der Waals surface area (Å²) in [7, 11) is 3.19. The molecule has 7 nitrogen and oxygen atoms in total. The summed E-state index contributed by atoms with van der Waals surface area (Å²) in [5.74, 6) is 0.960. The van der Waals surface area contributed by atoms with Crippen molar-refractivity contribution in [2.45, 2.75) is 38.0 Å². The Kier molecular flexibility index (Phi) is 7.55. The summed E-state index contributed by atoms with van der Waals surface area (Å²) < 4.78 is 22.2. The van der Waals surface area contributed by atoms with E-state index in [2.05, 4.69) is 0 Å². The maximum Gasteiger partial charge on any atom is 0.415 e. The molecule has 1 aliphatic rings. The van der Waals surface area contributed by atoms with Crippen LogP contribution in [0.15, 0.2) is 78.9 Å². The highest BCUT2D eigenvalue weighted by Gasteiger charge is 2.48. The SMILES string of the molecule is COc1ccc([C@@H]2[C@@H]([C@@H](CCc3ccccc3)OC(C)=O)OC(=O)N2c2ccc(OC)cc2)cc1. The van der Waals surface area contributed by atoms with E-state index < -0.39 is 30.3 Å². The maximum atomic E-state index is 13.2. The fourth-order valence-electron chi connectivity index (χ4n) is 4.38. The molecule has 0 unspecified atom stereocenters. The van der Waals surface area contributed by atoms with Gasteiger partial charge in [0.2, 0.25) is 0 Å². The van der Waals surface area contributed by atoms with E-state index in [1.807, 2.05) is 66.7 Å². The van der Waals surface area contributed by atoms with Crippen molar-refractivity contribution in [2.24, 2.45) is 0 Å². The molecule has 0 saturated carbocycles. The lowest BCUT2D eigenvalue weighted by Crippen LogP contribution is -2.38. The fraction of sp³-hybridized carbons (Fsp3) is 0.286. The lowest BCUT2D eigenvalue weighted by atomic mass is 9.93. The summed E-state index contributed by atoms with van der Waals surface area (Å²) in [5.41, 5.74) is 2.61. The van der Waals surface area contributed by atoms with Crippen LogP contribution < -0.4 is 14.4 Å². The highest BCUT2D eigenvalue weighted by molar-refractivity contribution is 5.91. The molecular weight excluding hydrogens is 446 g/mol. The molecule has 4 rings (SSSR count). The van der Waals surface area contributed by atoms with Gasteiger partial charge in [-0.3, -0.25) is 9.69 Å². The normalized spacial score (nSPS) is 18.0. The van der Waals surface area contributed by atoms with E-state index in [1.165, 1.54) is 6.92 Å². The van der Waals surface area contributed by atoms with Crippen molar-refractivity contribution in [2.75, 3.05) is 19.1 Å². The monoisotopic (exact) mass is 475 g/mol. The van der Waals surface area contributed by atoms with Crippen LogP contribution in [-0.2, 0) is 20.7 Å². The predicted molar refractivity (Wildman–Crippen MR) is 132 cm³/mol. The number of esters is 1. The Labute approximate surface area is 205 Å². The van der Waals surface area contributed by atoms with Crippen LogP contribution in [0.5, 0.6) is 11.5 Å². The molecule has 0 aliphatic carbocycles. The van der Waals surface area contributed by atoms with Gasteiger partial charge in [0, 0.05) is 12.6 Å². The summed E-state index contributed by atoms with van der Waals surface area (Å²) in [5, 5.41) is 0. The van der Waals surface area contributed by atoms with Gasteiger partial charge in [-0.05, 0) is 60.4 Å². The third-order valence-electron chi connectivity index (χ3n) is 6.07. The number of methoxy groups -OCH3 is 2. The van der Waals surface area contributed by atoms with Crippen LogP contribution >= 0.6 is 0 Å². The number of rotatable bonds is 9. The number of nitrogens with zero attached hydrogens (tertiary/aromatic N) is 1. The quantitative estimate of drug-likeness (QED) is 0.389. The molecule has 1 fully saturated rings. The maximum absolute atomic E-state index is 13.2. The first-order valence-electron chi connectivity index (χ1n) is 11.5. The largest absolute Gasteiger partial charge is 0.497 e. The molecule has 35 heavy (non-hydrogen) atoms. The second kappa shape index (κ2) is 11.0. The third-order valence-corrected chi connectivity index (χ3v) is 6.07. The van der Waals surface area contributed by atoms with Crippen LogP contribution in [0, 0.1) is 0 Å². The van der Waals surface area contributed by atoms with Crippen LogP contribution in [0.2, 0.25) is 0 Å². The van der Waals surface area contributed by atoms with Crippen molar-refractivity contribution in [1.29, 1.82) is 0 Å². The number of ether oxygens (including phenoxy) is 4. The Hall–Kier alpha value is -4.00. The van der Waals surface area contributed by atoms with Gasteiger partial charge < -0.3 is 18.9 Å². The Balaban J connectivity index is 1.70. The minimum Gasteiger partial charge on any atom is -0.497 e. The van der Waals surface area contributed by atoms with Crippen molar-refractivity contribution in [3.05, 3.63) is 90.0 Å². The number of hydrogen-bond acceptors (Lipinski definition) is 6. The molecule has 0 spiro atoms. The lowest BCUT2D eigenvalue weighted by Gasteiger charge is -2.29. The number of carbonyl (C=O) groups excluding carboxylic acids is 2. The second-order valence-corrected chi connectivity index (χ2v) is 8.31. The van der Waals surface area contributed by atoms with Gasteiger partial charge in [-0.2, -0.15) is 0 Å². The van der Waals surface area contributed by atoms with E-state index in [9.17, 15) is 9.59 Å². The highest BCUT2D eigenvalue weighted by Crippen LogP contribution is 2.41. The molecule has 0 N–H and O–H groups in total. The zero-order chi connectivity index (χ0) is 24.8. The van der Waals surface area contributed by atoms with E-state index >= 15 is 0 Å². The highest BCUT2D eigenvalue weighted by atomic mass is 16.6. The first-order valence-corrected chi connectivity index (χ1v) is 11.5. The van der Waals surface area contributed by atoms with Gasteiger partial charge in [-0.25, -0.2) is 4.79 Å². The number of hydrogen-bond donors (Lipinski definition) is 0. The fourth-order valence-corrected chi connectivity index (χ4v) is 4.38. The molecule has 3 atom stereocenters. The summed E-state index contributed by atoms with van der Waals surface area (Å²) in [6.45, 7) is 1.37. The zero-order valence-electron chi connectivity index (χ0n) is 20.0. The Morgan fingerprint density at radius 2 is 1.51 bits per heavy atom. The molecule has 3 aromatic rings. The molecular formula is C28H29NO6. The van der Waals surface area contributed by atoms with Gasteiger partial charge in [0.1, 0.15) is 23.6 Å². The number of amides is 1. The van der Waals surface area contributed by atoms with Gasteiger partial charge in [0.15, 0.2) is 6.10 Å². The molecule has 0 radical (unpaired) electrons. The minimum atomic E-state index is -0.703. The average Bonchev–Trinajstić information content (AvgIpc) is 3.23. The van der Waals surface area contributed by atoms with Crippen molar-refractivity contribution >= 4 is 17.7 Å². The van der Waals surface area contributed by atoms with Crippen molar-refractivity contribution in [3.63, 3.8) is 0 Å². The van der Waals surface area contributed by atoms with Gasteiger partial charge in [-0.1, -0.05) is 42.5 Å². The van der Waals surface area contributed by atoms with Gasteiger partial charge in [0.05, 0.1) is 14.2 Å². The standard InChI is InChI=1S/C28H29NO6/c1-19(30)34-25(18-9-20-7-5-4-6-8-20)27-26(21-10-14-23(32-2)15-11-21)29(28(31)35-27)22-12-16-24(33-3)17-13-22/h4-8,10-17,25-27H,9,18H2,1-3H3/t25-,26-,27-/m1/s1. The van der Waals surface area contributed by atoms with Gasteiger partial charge in [0.25, 0.3) is 0 Å². The average molecular weight is 476 g/mol. The second-order valence-electron chi connectivity index (χ2n) is 8.31. The molecule has 1 amide bonds. The first kappa shape index (κ1) is 24.1. The molecule has 3 aromatic carbocycles. The zero-order valence-corrected chi connectivity index (χ0v) is 20.0. The molecule has 0 aromatic heterocycles. The van der Waals surface area contributed by atoms with Crippen LogP contribution in [0.25, 0.3) is 0 Å².